The van der Waals surface area contributed by atoms with Crippen molar-refractivity contribution >= 4 is 17.2 Å². The number of piperazine rings is 1. The summed E-state index contributed by atoms with van der Waals surface area (Å²) in [6, 6.07) is 15.3. The predicted octanol–water partition coefficient (Wildman–Crippen LogP) is 3.77. The van der Waals surface area contributed by atoms with E-state index in [4.69, 9.17) is 0 Å². The van der Waals surface area contributed by atoms with Crippen molar-refractivity contribution in [1.29, 1.82) is 0 Å². The number of nitrogens with one attached hydrogen (secondary N) is 1. The first-order chi connectivity index (χ1) is 13.0. The minimum absolute atomic E-state index is 0.0131. The largest absolute Gasteiger partial charge is 0.351 e. The summed E-state index contributed by atoms with van der Waals surface area (Å²) in [5, 5.41) is 5.36. The number of carbonyl (C=O) groups excluding carboxylic acids is 1. The van der Waals surface area contributed by atoms with E-state index in [1.807, 2.05) is 13.8 Å². The van der Waals surface area contributed by atoms with Gasteiger partial charge in [-0.25, -0.2) is 0 Å². The molecule has 1 aromatic heterocycles. The van der Waals surface area contributed by atoms with Gasteiger partial charge in [-0.15, -0.1) is 11.3 Å². The lowest BCUT2D eigenvalue weighted by atomic mass is 10.0. The van der Waals surface area contributed by atoms with Gasteiger partial charge in [0.25, 0.3) is 0 Å². The van der Waals surface area contributed by atoms with Crippen molar-refractivity contribution in [2.24, 2.45) is 5.92 Å². The number of rotatable bonds is 7. The Morgan fingerprint density at radius 3 is 2.33 bits per heavy atom. The Hall–Kier alpha value is -1.69. The van der Waals surface area contributed by atoms with Crippen LogP contribution in [0.4, 0.5) is 0 Å². The van der Waals surface area contributed by atoms with Gasteiger partial charge in [0.1, 0.15) is 0 Å². The van der Waals surface area contributed by atoms with Gasteiger partial charge in [-0.2, -0.15) is 0 Å². The Balaban J connectivity index is 1.63. The minimum atomic E-state index is 0.0131. The fourth-order valence-corrected chi connectivity index (χ4v) is 4.68. The van der Waals surface area contributed by atoms with Gasteiger partial charge in [-0.3, -0.25) is 14.6 Å². The number of thiophene rings is 1. The van der Waals surface area contributed by atoms with Crippen LogP contribution in [0.25, 0.3) is 0 Å². The van der Waals surface area contributed by atoms with Crippen LogP contribution >= 0.6 is 11.3 Å². The second-order valence-electron chi connectivity index (χ2n) is 7.71. The maximum absolute atomic E-state index is 12.2. The third-order valence-corrected chi connectivity index (χ3v) is 6.19. The van der Waals surface area contributed by atoms with E-state index in [9.17, 15) is 4.79 Å². The Kier molecular flexibility index (Phi) is 7.05. The number of hydrogen-bond acceptors (Lipinski definition) is 4. The van der Waals surface area contributed by atoms with Crippen molar-refractivity contribution in [2.45, 2.75) is 39.4 Å². The average Bonchev–Trinajstić information content (AvgIpc) is 3.18. The smallest absolute Gasteiger partial charge is 0.222 e. The second-order valence-corrected chi connectivity index (χ2v) is 8.69. The Morgan fingerprint density at radius 1 is 1.04 bits per heavy atom. The van der Waals surface area contributed by atoms with Gasteiger partial charge in [0.05, 0.1) is 6.04 Å². The molecule has 2 heterocycles. The molecule has 1 amide bonds. The molecule has 3 rings (SSSR count). The van der Waals surface area contributed by atoms with Crippen LogP contribution in [-0.2, 0) is 11.3 Å². The maximum atomic E-state index is 12.2. The van der Waals surface area contributed by atoms with Crippen LogP contribution < -0.4 is 5.32 Å². The van der Waals surface area contributed by atoms with Crippen LogP contribution in [0.1, 0.15) is 37.3 Å². The van der Waals surface area contributed by atoms with Crippen LogP contribution in [0.3, 0.4) is 0 Å². The molecule has 0 aliphatic carbocycles. The molecule has 146 valence electrons. The molecule has 2 aromatic rings. The number of hydrogen-bond donors (Lipinski definition) is 1. The first-order valence-electron chi connectivity index (χ1n) is 9.88. The summed E-state index contributed by atoms with van der Waals surface area (Å²) in [6.45, 7) is 11.2. The van der Waals surface area contributed by atoms with E-state index in [-0.39, 0.29) is 23.9 Å². The molecule has 1 saturated heterocycles. The molecule has 2 atom stereocenters. The summed E-state index contributed by atoms with van der Waals surface area (Å²) in [4.78, 5) is 18.6. The second kappa shape index (κ2) is 9.49. The first-order valence-corrected chi connectivity index (χ1v) is 10.8. The van der Waals surface area contributed by atoms with Crippen LogP contribution in [0.2, 0.25) is 0 Å². The average molecular weight is 386 g/mol. The molecule has 1 fully saturated rings. The van der Waals surface area contributed by atoms with Gasteiger partial charge in [0.2, 0.25) is 5.91 Å². The van der Waals surface area contributed by atoms with Crippen molar-refractivity contribution < 1.29 is 4.79 Å². The van der Waals surface area contributed by atoms with Gasteiger partial charge in [0.15, 0.2) is 0 Å². The monoisotopic (exact) mass is 385 g/mol. The highest BCUT2D eigenvalue weighted by molar-refractivity contribution is 7.10. The summed E-state index contributed by atoms with van der Waals surface area (Å²) in [5.74, 6) is 0.144. The molecule has 5 heteroatoms. The maximum Gasteiger partial charge on any atom is 0.222 e. The number of benzene rings is 1. The molecule has 0 saturated carbocycles. The van der Waals surface area contributed by atoms with E-state index in [1.54, 1.807) is 11.3 Å². The topological polar surface area (TPSA) is 35.6 Å². The molecule has 1 aliphatic heterocycles. The van der Waals surface area contributed by atoms with Gasteiger partial charge >= 0.3 is 0 Å². The fourth-order valence-electron chi connectivity index (χ4n) is 3.71. The molecule has 27 heavy (non-hydrogen) atoms. The molecular formula is C22H31N3OS. The highest BCUT2D eigenvalue weighted by atomic mass is 32.1. The Morgan fingerprint density at radius 2 is 1.74 bits per heavy atom. The zero-order chi connectivity index (χ0) is 19.2. The molecule has 0 radical (unpaired) electrons. The quantitative estimate of drug-likeness (QED) is 0.788. The molecular weight excluding hydrogens is 354 g/mol. The number of carbonyl (C=O) groups is 1. The third kappa shape index (κ3) is 5.41. The van der Waals surface area contributed by atoms with Crippen LogP contribution in [0, 0.1) is 5.92 Å². The normalized spacial score (nSPS) is 18.4. The van der Waals surface area contributed by atoms with Gasteiger partial charge in [-0.1, -0.05) is 50.2 Å². The van der Waals surface area contributed by atoms with Crippen molar-refractivity contribution in [2.75, 3.05) is 26.2 Å². The van der Waals surface area contributed by atoms with Crippen molar-refractivity contribution in [1.82, 2.24) is 15.1 Å². The van der Waals surface area contributed by atoms with Crippen LogP contribution in [0.5, 0.6) is 0 Å². The first kappa shape index (κ1) is 20.1. The van der Waals surface area contributed by atoms with E-state index in [0.717, 1.165) is 32.7 Å². The van der Waals surface area contributed by atoms with Gasteiger partial charge < -0.3 is 5.32 Å². The SMILES string of the molecule is CC(C)C(=O)N[C@@H](C)[C@@H](c1cccs1)N1CCN(Cc2ccccc2)CC1. The molecule has 1 aliphatic rings. The summed E-state index contributed by atoms with van der Waals surface area (Å²) < 4.78 is 0. The van der Waals surface area contributed by atoms with Crippen LogP contribution in [-0.4, -0.2) is 47.9 Å². The van der Waals surface area contributed by atoms with Crippen molar-refractivity contribution in [3.63, 3.8) is 0 Å². The highest BCUT2D eigenvalue weighted by Crippen LogP contribution is 2.29. The molecule has 4 nitrogen and oxygen atoms in total. The molecule has 0 unspecified atom stereocenters. The number of nitrogens with zero attached hydrogens (tertiary/aromatic N) is 2. The summed E-state index contributed by atoms with van der Waals surface area (Å²) in [5.41, 5.74) is 1.37. The fraction of sp³-hybridized carbons (Fsp3) is 0.500. The third-order valence-electron chi connectivity index (χ3n) is 5.25. The summed E-state index contributed by atoms with van der Waals surface area (Å²) in [6.07, 6.45) is 0. The lowest BCUT2D eigenvalue weighted by molar-refractivity contribution is -0.125. The lowest BCUT2D eigenvalue weighted by Gasteiger charge is -2.41. The van der Waals surface area contributed by atoms with E-state index in [0.29, 0.717) is 0 Å². The van der Waals surface area contributed by atoms with E-state index < -0.39 is 0 Å². The van der Waals surface area contributed by atoms with Gasteiger partial charge in [0, 0.05) is 49.6 Å². The van der Waals surface area contributed by atoms with E-state index in [1.165, 1.54) is 10.4 Å². The molecule has 1 aromatic carbocycles. The summed E-state index contributed by atoms with van der Waals surface area (Å²) in [7, 11) is 0. The lowest BCUT2D eigenvalue weighted by Crippen LogP contribution is -2.52. The molecule has 1 N–H and O–H groups in total. The zero-order valence-corrected chi connectivity index (χ0v) is 17.4. The molecule has 0 spiro atoms. The van der Waals surface area contributed by atoms with Crippen molar-refractivity contribution in [3.8, 4) is 0 Å². The standard InChI is InChI=1S/C22H31N3OS/c1-17(2)22(26)23-18(3)21(20-10-7-15-27-20)25-13-11-24(12-14-25)16-19-8-5-4-6-9-19/h4-10,15,17-18,21H,11-14,16H2,1-3H3,(H,23,26)/t18-,21-/m0/s1. The molecule has 0 bridgehead atoms. The zero-order valence-electron chi connectivity index (χ0n) is 16.6. The Bertz CT molecular complexity index is 694. The number of amides is 1. The van der Waals surface area contributed by atoms with Crippen LogP contribution in [0.15, 0.2) is 47.8 Å². The predicted molar refractivity (Wildman–Crippen MR) is 113 cm³/mol. The highest BCUT2D eigenvalue weighted by Gasteiger charge is 2.31. The minimum Gasteiger partial charge on any atom is -0.351 e. The Labute approximate surface area is 167 Å². The van der Waals surface area contributed by atoms with Crippen molar-refractivity contribution in [3.05, 3.63) is 58.3 Å². The van der Waals surface area contributed by atoms with E-state index >= 15 is 0 Å². The van der Waals surface area contributed by atoms with Gasteiger partial charge in [-0.05, 0) is 23.9 Å². The summed E-state index contributed by atoms with van der Waals surface area (Å²) >= 11 is 1.79. The van der Waals surface area contributed by atoms with E-state index in [2.05, 4.69) is 69.9 Å².